The second-order valence-electron chi connectivity index (χ2n) is 7.05. The summed E-state index contributed by atoms with van der Waals surface area (Å²) in [5.41, 5.74) is 0.985. The monoisotopic (exact) mass is 369 g/mol. The molecule has 6 heteroatoms. The summed E-state index contributed by atoms with van der Waals surface area (Å²) in [6, 6.07) is 12.3. The van der Waals surface area contributed by atoms with Crippen molar-refractivity contribution >= 4 is 11.9 Å². The van der Waals surface area contributed by atoms with Gasteiger partial charge in [0.2, 0.25) is 5.91 Å². The van der Waals surface area contributed by atoms with E-state index in [1.54, 1.807) is 13.2 Å². The fourth-order valence-corrected chi connectivity index (χ4v) is 3.46. The first-order chi connectivity index (χ1) is 13.1. The maximum atomic E-state index is 12.5. The van der Waals surface area contributed by atoms with E-state index < -0.39 is 12.1 Å². The molecule has 1 saturated carbocycles. The second kappa shape index (κ2) is 9.37. The Bertz CT molecular complexity index is 724. The molecule has 2 aromatic rings. The molecule has 0 radical (unpaired) electrons. The van der Waals surface area contributed by atoms with Crippen LogP contribution in [0.1, 0.15) is 56.4 Å². The lowest BCUT2D eigenvalue weighted by atomic mass is 9.96. The maximum Gasteiger partial charge on any atom is 0.321 e. The number of hydrogen-bond acceptors (Lipinski definition) is 4. The lowest BCUT2D eigenvalue weighted by molar-refractivity contribution is -0.121. The molecule has 1 aromatic carbocycles. The van der Waals surface area contributed by atoms with Gasteiger partial charge in [-0.15, -0.1) is 0 Å². The third kappa shape index (κ3) is 5.44. The molecular weight excluding hydrogens is 342 g/mol. The van der Waals surface area contributed by atoms with Crippen molar-refractivity contribution in [1.29, 1.82) is 0 Å². The van der Waals surface area contributed by atoms with E-state index in [1.165, 1.54) is 6.42 Å². The van der Waals surface area contributed by atoms with Crippen molar-refractivity contribution in [3.05, 3.63) is 60.1 Å². The summed E-state index contributed by atoms with van der Waals surface area (Å²) < 4.78 is 5.54. The van der Waals surface area contributed by atoms with Crippen molar-refractivity contribution in [2.75, 3.05) is 0 Å². The van der Waals surface area contributed by atoms with Crippen LogP contribution in [-0.4, -0.2) is 24.0 Å². The summed E-state index contributed by atoms with van der Waals surface area (Å²) in [5, 5.41) is 8.61. The van der Waals surface area contributed by atoms with Crippen molar-refractivity contribution in [3.63, 3.8) is 0 Å². The molecule has 0 unspecified atom stereocenters. The number of amides is 3. The number of carbonyl (C=O) groups is 2. The minimum atomic E-state index is -0.572. The van der Waals surface area contributed by atoms with Gasteiger partial charge in [-0.3, -0.25) is 15.4 Å². The molecule has 0 aliphatic heterocycles. The summed E-state index contributed by atoms with van der Waals surface area (Å²) in [7, 11) is 0. The lowest BCUT2D eigenvalue weighted by Crippen LogP contribution is -2.51. The Morgan fingerprint density at radius 2 is 1.78 bits per heavy atom. The van der Waals surface area contributed by atoms with Gasteiger partial charge in [0.25, 0.3) is 0 Å². The van der Waals surface area contributed by atoms with Gasteiger partial charge >= 0.3 is 6.03 Å². The molecule has 1 fully saturated rings. The molecule has 27 heavy (non-hydrogen) atoms. The predicted molar refractivity (Wildman–Crippen MR) is 103 cm³/mol. The van der Waals surface area contributed by atoms with Gasteiger partial charge in [0.15, 0.2) is 0 Å². The fourth-order valence-electron chi connectivity index (χ4n) is 3.46. The van der Waals surface area contributed by atoms with Crippen LogP contribution in [-0.2, 0) is 4.79 Å². The van der Waals surface area contributed by atoms with E-state index in [0.717, 1.165) is 31.2 Å². The number of rotatable bonds is 6. The van der Waals surface area contributed by atoms with Crippen LogP contribution in [0.4, 0.5) is 4.79 Å². The topological polar surface area (TPSA) is 83.4 Å². The Labute approximate surface area is 159 Å². The highest BCUT2D eigenvalue weighted by Gasteiger charge is 2.24. The van der Waals surface area contributed by atoms with Crippen molar-refractivity contribution < 1.29 is 14.0 Å². The van der Waals surface area contributed by atoms with Crippen molar-refractivity contribution in [2.24, 2.45) is 0 Å². The van der Waals surface area contributed by atoms with Crippen LogP contribution in [0.25, 0.3) is 0 Å². The van der Waals surface area contributed by atoms with Crippen LogP contribution in [0.3, 0.4) is 0 Å². The molecule has 0 bridgehead atoms. The van der Waals surface area contributed by atoms with Crippen LogP contribution in [0.15, 0.2) is 53.1 Å². The Morgan fingerprint density at radius 3 is 2.44 bits per heavy atom. The highest BCUT2D eigenvalue weighted by atomic mass is 16.3. The van der Waals surface area contributed by atoms with E-state index in [2.05, 4.69) is 16.0 Å². The zero-order valence-corrected chi connectivity index (χ0v) is 15.6. The molecule has 144 valence electrons. The molecule has 1 aromatic heterocycles. The number of furan rings is 1. The van der Waals surface area contributed by atoms with E-state index >= 15 is 0 Å². The Kier molecular flexibility index (Phi) is 6.65. The van der Waals surface area contributed by atoms with Crippen molar-refractivity contribution in [2.45, 2.75) is 57.2 Å². The standard InChI is InChI=1S/C21H27N3O3/c1-15(20(25)24-21(26)23-17-11-6-3-7-12-17)22-19(18-13-8-14-27-18)16-9-4-2-5-10-16/h2,4-5,8-10,13-15,17,19,22H,3,6-7,11-12H2,1H3,(H2,23,24,25,26)/t15-,19+/m0/s1. The number of imide groups is 1. The highest BCUT2D eigenvalue weighted by molar-refractivity contribution is 5.96. The molecule has 6 nitrogen and oxygen atoms in total. The van der Waals surface area contributed by atoms with Gasteiger partial charge in [-0.25, -0.2) is 4.79 Å². The van der Waals surface area contributed by atoms with E-state index in [-0.39, 0.29) is 18.0 Å². The van der Waals surface area contributed by atoms with Crippen molar-refractivity contribution in [3.8, 4) is 0 Å². The number of urea groups is 1. The molecule has 3 N–H and O–H groups in total. The van der Waals surface area contributed by atoms with Crippen LogP contribution in [0.2, 0.25) is 0 Å². The number of benzene rings is 1. The van der Waals surface area contributed by atoms with Gasteiger partial charge in [0, 0.05) is 6.04 Å². The Morgan fingerprint density at radius 1 is 1.04 bits per heavy atom. The summed E-state index contributed by atoms with van der Waals surface area (Å²) in [6.07, 6.45) is 7.02. The first kappa shape index (κ1) is 19.2. The molecule has 1 aliphatic rings. The second-order valence-corrected chi connectivity index (χ2v) is 7.05. The fraction of sp³-hybridized carbons (Fsp3) is 0.429. The maximum absolute atomic E-state index is 12.5. The van der Waals surface area contributed by atoms with Gasteiger partial charge in [-0.1, -0.05) is 49.6 Å². The number of hydrogen-bond donors (Lipinski definition) is 3. The molecule has 2 atom stereocenters. The van der Waals surface area contributed by atoms with Gasteiger partial charge in [-0.05, 0) is 37.5 Å². The number of carbonyl (C=O) groups excluding carboxylic acids is 2. The normalized spacial score (nSPS) is 17.1. The van der Waals surface area contributed by atoms with Gasteiger partial charge in [-0.2, -0.15) is 0 Å². The van der Waals surface area contributed by atoms with Crippen molar-refractivity contribution in [1.82, 2.24) is 16.0 Å². The smallest absolute Gasteiger partial charge is 0.321 e. The van der Waals surface area contributed by atoms with E-state index in [0.29, 0.717) is 5.76 Å². The first-order valence-electron chi connectivity index (χ1n) is 9.59. The Hall–Kier alpha value is -2.60. The summed E-state index contributed by atoms with van der Waals surface area (Å²) in [6.45, 7) is 1.74. The third-order valence-electron chi connectivity index (χ3n) is 4.95. The van der Waals surface area contributed by atoms with Gasteiger partial charge in [0.05, 0.1) is 18.3 Å². The van der Waals surface area contributed by atoms with Crippen LogP contribution in [0, 0.1) is 0 Å². The summed E-state index contributed by atoms with van der Waals surface area (Å²) in [5.74, 6) is 0.350. The first-order valence-corrected chi connectivity index (χ1v) is 9.59. The van der Waals surface area contributed by atoms with E-state index in [1.807, 2.05) is 42.5 Å². The number of nitrogens with one attached hydrogen (secondary N) is 3. The average Bonchev–Trinajstić information content (AvgIpc) is 3.21. The molecule has 3 amide bonds. The SMILES string of the molecule is C[C@H](N[C@H](c1ccccc1)c1ccco1)C(=O)NC(=O)NC1CCCCC1. The van der Waals surface area contributed by atoms with E-state index in [9.17, 15) is 9.59 Å². The zero-order valence-electron chi connectivity index (χ0n) is 15.6. The zero-order chi connectivity index (χ0) is 19.1. The largest absolute Gasteiger partial charge is 0.467 e. The summed E-state index contributed by atoms with van der Waals surface area (Å²) in [4.78, 5) is 24.6. The van der Waals surface area contributed by atoms with Crippen LogP contribution in [0.5, 0.6) is 0 Å². The quantitative estimate of drug-likeness (QED) is 0.728. The molecular formula is C21H27N3O3. The van der Waals surface area contributed by atoms with Gasteiger partial charge < -0.3 is 9.73 Å². The minimum absolute atomic E-state index is 0.162. The minimum Gasteiger partial charge on any atom is -0.467 e. The van der Waals surface area contributed by atoms with Gasteiger partial charge in [0.1, 0.15) is 5.76 Å². The Balaban J connectivity index is 1.58. The van der Waals surface area contributed by atoms with Crippen LogP contribution >= 0.6 is 0 Å². The molecule has 1 aliphatic carbocycles. The average molecular weight is 369 g/mol. The molecule has 0 saturated heterocycles. The van der Waals surface area contributed by atoms with Crippen LogP contribution < -0.4 is 16.0 Å². The predicted octanol–water partition coefficient (Wildman–Crippen LogP) is 3.51. The van der Waals surface area contributed by atoms with E-state index in [4.69, 9.17) is 4.42 Å². The summed E-state index contributed by atoms with van der Waals surface area (Å²) >= 11 is 0. The third-order valence-corrected chi connectivity index (χ3v) is 4.95. The highest BCUT2D eigenvalue weighted by Crippen LogP contribution is 2.23. The molecule has 1 heterocycles. The molecule has 0 spiro atoms. The lowest BCUT2D eigenvalue weighted by Gasteiger charge is -2.24. The molecule has 3 rings (SSSR count).